The van der Waals surface area contributed by atoms with Gasteiger partial charge >= 0.3 is 5.97 Å². The number of nitrogens with one attached hydrogen (secondary N) is 1. The molecule has 1 atom stereocenters. The molecule has 0 amide bonds. The van der Waals surface area contributed by atoms with Crippen LogP contribution in [0.2, 0.25) is 0 Å². The molecule has 0 heterocycles. The Labute approximate surface area is 113 Å². The fraction of sp³-hybridized carbons (Fsp3) is 0.500. The highest BCUT2D eigenvalue weighted by Crippen LogP contribution is 2.28. The summed E-state index contributed by atoms with van der Waals surface area (Å²) in [6.45, 7) is 3.84. The average molecular weight is 267 g/mol. The van der Waals surface area contributed by atoms with Crippen molar-refractivity contribution in [1.29, 1.82) is 0 Å². The third-order valence-electron chi connectivity index (χ3n) is 2.72. The van der Waals surface area contributed by atoms with Gasteiger partial charge in [0.2, 0.25) is 0 Å². The predicted octanol–water partition coefficient (Wildman–Crippen LogP) is 1.70. The standard InChI is InChI=1S/C14H21NO4/c1-9(2)15-11(14(16)17)7-10-5-6-12(18-3)13(8-10)19-4/h5-6,8-9,11,15H,7H2,1-4H3,(H,16,17)/t11-/m0/s1. The summed E-state index contributed by atoms with van der Waals surface area (Å²) in [6, 6.07) is 4.93. The summed E-state index contributed by atoms with van der Waals surface area (Å²) in [5.41, 5.74) is 0.887. The summed E-state index contributed by atoms with van der Waals surface area (Å²) in [7, 11) is 3.13. The van der Waals surface area contributed by atoms with Gasteiger partial charge in [0.1, 0.15) is 6.04 Å². The number of methoxy groups -OCH3 is 2. The lowest BCUT2D eigenvalue weighted by atomic mass is 10.0. The van der Waals surface area contributed by atoms with Crippen molar-refractivity contribution in [3.05, 3.63) is 23.8 Å². The zero-order valence-corrected chi connectivity index (χ0v) is 11.8. The lowest BCUT2D eigenvalue weighted by Gasteiger charge is -2.18. The normalized spacial score (nSPS) is 12.3. The first-order valence-corrected chi connectivity index (χ1v) is 6.17. The quantitative estimate of drug-likeness (QED) is 0.787. The van der Waals surface area contributed by atoms with Crippen LogP contribution < -0.4 is 14.8 Å². The minimum Gasteiger partial charge on any atom is -0.493 e. The highest BCUT2D eigenvalue weighted by Gasteiger charge is 2.19. The minimum absolute atomic E-state index is 0.112. The van der Waals surface area contributed by atoms with E-state index in [2.05, 4.69) is 5.32 Å². The number of aliphatic carboxylic acids is 1. The second-order valence-corrected chi connectivity index (χ2v) is 4.61. The van der Waals surface area contributed by atoms with Crippen molar-refractivity contribution in [2.75, 3.05) is 14.2 Å². The van der Waals surface area contributed by atoms with Gasteiger partial charge in [-0.15, -0.1) is 0 Å². The fourth-order valence-corrected chi connectivity index (χ4v) is 1.86. The maximum absolute atomic E-state index is 11.2. The largest absolute Gasteiger partial charge is 0.493 e. The molecular weight excluding hydrogens is 246 g/mol. The molecule has 0 spiro atoms. The SMILES string of the molecule is COc1ccc(C[C@H](NC(C)C)C(=O)O)cc1OC. The molecule has 0 bridgehead atoms. The van der Waals surface area contributed by atoms with Crippen LogP contribution in [0.5, 0.6) is 11.5 Å². The van der Waals surface area contributed by atoms with E-state index in [1.165, 1.54) is 0 Å². The van der Waals surface area contributed by atoms with Crippen LogP contribution in [-0.4, -0.2) is 37.4 Å². The first kappa shape index (κ1) is 15.3. The zero-order valence-electron chi connectivity index (χ0n) is 11.8. The molecule has 0 saturated carbocycles. The van der Waals surface area contributed by atoms with Gasteiger partial charge in [-0.2, -0.15) is 0 Å². The lowest BCUT2D eigenvalue weighted by molar-refractivity contribution is -0.139. The van der Waals surface area contributed by atoms with E-state index in [-0.39, 0.29) is 6.04 Å². The van der Waals surface area contributed by atoms with Crippen LogP contribution in [0.4, 0.5) is 0 Å². The molecule has 0 aliphatic rings. The third-order valence-corrected chi connectivity index (χ3v) is 2.72. The monoisotopic (exact) mass is 267 g/mol. The number of ether oxygens (including phenoxy) is 2. The van der Waals surface area contributed by atoms with Gasteiger partial charge in [-0.05, 0) is 24.1 Å². The van der Waals surface area contributed by atoms with Gasteiger partial charge in [0.25, 0.3) is 0 Å². The van der Waals surface area contributed by atoms with Gasteiger partial charge in [-0.3, -0.25) is 4.79 Å². The molecule has 0 radical (unpaired) electrons. The van der Waals surface area contributed by atoms with Gasteiger partial charge in [0.05, 0.1) is 14.2 Å². The van der Waals surface area contributed by atoms with Crippen molar-refractivity contribution in [3.63, 3.8) is 0 Å². The number of carboxylic acids is 1. The molecule has 0 saturated heterocycles. The van der Waals surface area contributed by atoms with E-state index in [9.17, 15) is 9.90 Å². The highest BCUT2D eigenvalue weighted by molar-refractivity contribution is 5.74. The Morgan fingerprint density at radius 1 is 1.26 bits per heavy atom. The van der Waals surface area contributed by atoms with Crippen LogP contribution in [0.1, 0.15) is 19.4 Å². The Bertz CT molecular complexity index is 431. The van der Waals surface area contributed by atoms with E-state index in [4.69, 9.17) is 9.47 Å². The molecule has 5 heteroatoms. The summed E-state index contributed by atoms with van der Waals surface area (Å²) >= 11 is 0. The van der Waals surface area contributed by atoms with Crippen molar-refractivity contribution in [3.8, 4) is 11.5 Å². The number of rotatable bonds is 7. The van der Waals surface area contributed by atoms with Crippen molar-refractivity contribution < 1.29 is 19.4 Å². The summed E-state index contributed by atoms with van der Waals surface area (Å²) in [5, 5.41) is 12.2. The second-order valence-electron chi connectivity index (χ2n) is 4.61. The van der Waals surface area contributed by atoms with Crippen LogP contribution >= 0.6 is 0 Å². The van der Waals surface area contributed by atoms with Crippen LogP contribution in [0.15, 0.2) is 18.2 Å². The number of hydrogen-bond donors (Lipinski definition) is 2. The molecule has 1 rings (SSSR count). The van der Waals surface area contributed by atoms with E-state index in [1.807, 2.05) is 19.9 Å². The molecule has 5 nitrogen and oxygen atoms in total. The molecule has 0 fully saturated rings. The smallest absolute Gasteiger partial charge is 0.321 e. The Kier molecular flexibility index (Phi) is 5.63. The number of hydrogen-bond acceptors (Lipinski definition) is 4. The van der Waals surface area contributed by atoms with Crippen LogP contribution in [-0.2, 0) is 11.2 Å². The Hall–Kier alpha value is -1.75. The third kappa shape index (κ3) is 4.44. The summed E-state index contributed by atoms with van der Waals surface area (Å²) in [5.74, 6) is 0.382. The Morgan fingerprint density at radius 2 is 1.89 bits per heavy atom. The van der Waals surface area contributed by atoms with E-state index < -0.39 is 12.0 Å². The number of carbonyl (C=O) groups is 1. The summed E-state index contributed by atoms with van der Waals surface area (Å²) < 4.78 is 10.4. The lowest BCUT2D eigenvalue weighted by Crippen LogP contribution is -2.42. The van der Waals surface area contributed by atoms with Crippen molar-refractivity contribution in [1.82, 2.24) is 5.32 Å². The summed E-state index contributed by atoms with van der Waals surface area (Å²) in [6.07, 6.45) is 0.397. The van der Waals surface area contributed by atoms with E-state index in [0.29, 0.717) is 17.9 Å². The minimum atomic E-state index is -0.858. The van der Waals surface area contributed by atoms with Crippen LogP contribution in [0.25, 0.3) is 0 Å². The van der Waals surface area contributed by atoms with Gasteiger partial charge < -0.3 is 19.9 Å². The van der Waals surface area contributed by atoms with Crippen LogP contribution in [0.3, 0.4) is 0 Å². The number of benzene rings is 1. The molecule has 1 aromatic carbocycles. The maximum Gasteiger partial charge on any atom is 0.321 e. The highest BCUT2D eigenvalue weighted by atomic mass is 16.5. The molecular formula is C14H21NO4. The molecule has 1 aromatic rings. The molecule has 0 aliphatic heterocycles. The fourth-order valence-electron chi connectivity index (χ4n) is 1.86. The average Bonchev–Trinajstić information content (AvgIpc) is 2.37. The second kappa shape index (κ2) is 6.99. The molecule has 2 N–H and O–H groups in total. The molecule has 0 aliphatic carbocycles. The topological polar surface area (TPSA) is 67.8 Å². The van der Waals surface area contributed by atoms with Gasteiger partial charge in [-0.1, -0.05) is 19.9 Å². The molecule has 106 valence electrons. The molecule has 0 unspecified atom stereocenters. The Morgan fingerprint density at radius 3 is 2.37 bits per heavy atom. The van der Waals surface area contributed by atoms with Crippen molar-refractivity contribution >= 4 is 5.97 Å². The van der Waals surface area contributed by atoms with Crippen molar-refractivity contribution in [2.45, 2.75) is 32.4 Å². The van der Waals surface area contributed by atoms with Gasteiger partial charge in [0, 0.05) is 6.04 Å². The number of carboxylic acid groups (broad SMARTS) is 1. The Balaban J connectivity index is 2.87. The van der Waals surface area contributed by atoms with E-state index >= 15 is 0 Å². The predicted molar refractivity (Wildman–Crippen MR) is 72.9 cm³/mol. The first-order chi connectivity index (χ1) is 8.97. The van der Waals surface area contributed by atoms with Crippen molar-refractivity contribution in [2.24, 2.45) is 0 Å². The van der Waals surface area contributed by atoms with E-state index in [1.54, 1.807) is 26.4 Å². The first-order valence-electron chi connectivity index (χ1n) is 6.17. The van der Waals surface area contributed by atoms with Gasteiger partial charge in [-0.25, -0.2) is 0 Å². The molecule has 0 aromatic heterocycles. The molecule has 19 heavy (non-hydrogen) atoms. The summed E-state index contributed by atoms with van der Waals surface area (Å²) in [4.78, 5) is 11.2. The zero-order chi connectivity index (χ0) is 14.4. The maximum atomic E-state index is 11.2. The van der Waals surface area contributed by atoms with Gasteiger partial charge in [0.15, 0.2) is 11.5 Å². The van der Waals surface area contributed by atoms with Crippen LogP contribution in [0, 0.1) is 0 Å². The van der Waals surface area contributed by atoms with E-state index in [0.717, 1.165) is 5.56 Å².